The molecule has 10 atom stereocenters. The summed E-state index contributed by atoms with van der Waals surface area (Å²) in [6.45, 7) is 9.96. The molecule has 3 heterocycles. The number of nitrogens with one attached hydrogen (secondary N) is 1. The lowest BCUT2D eigenvalue weighted by Crippen LogP contribution is -2.74. The Morgan fingerprint density at radius 3 is 2.46 bits per heavy atom. The van der Waals surface area contributed by atoms with Crippen molar-refractivity contribution in [3.63, 3.8) is 0 Å². The number of aromatic nitrogens is 1. The first-order chi connectivity index (χ1) is 16.0. The molecule has 0 aromatic carbocycles. The number of aliphatic hydroxyl groups is 6. The van der Waals surface area contributed by atoms with Gasteiger partial charge in [-0.3, -0.25) is 0 Å². The molecule has 4 aliphatic carbocycles. The van der Waals surface area contributed by atoms with E-state index < -0.39 is 68.7 Å². The molecule has 2 saturated heterocycles. The highest BCUT2D eigenvalue weighted by Crippen LogP contribution is 2.90. The minimum atomic E-state index is -2.65. The standard InChI is InChI=1S/C25H33NO9/c1-12(2)22(31)17(34-16(28)14-7-6-10-26-14)23(32)18(4)11-21(30)19(22,5)25(23,33)24(35-21)15(27)13(3)8-9-20(18,24)29/h6-7,10,12,15,17,26-27,29-33H,3,8-9,11H2,1-2,4-5H3/t15-,17-,18-,19+,20+,21-,22-,23-,24-,25-/m1/s1. The number of carbonyl (C=O) groups is 1. The van der Waals surface area contributed by atoms with Crippen molar-refractivity contribution in [1.29, 1.82) is 0 Å². The normalized spacial score (nSPS) is 57.7. The lowest BCUT2D eigenvalue weighted by molar-refractivity contribution is -0.383. The Labute approximate surface area is 202 Å². The average molecular weight is 492 g/mol. The molecule has 10 heteroatoms. The van der Waals surface area contributed by atoms with E-state index >= 15 is 0 Å². The van der Waals surface area contributed by atoms with Crippen LogP contribution in [0.1, 0.15) is 57.4 Å². The summed E-state index contributed by atoms with van der Waals surface area (Å²) in [5, 5.41) is 73.7. The number of rotatable bonds is 3. The molecule has 1 aromatic rings. The second-order valence-electron chi connectivity index (χ2n) is 12.0. The predicted octanol–water partition coefficient (Wildman–Crippen LogP) is -0.268. The third-order valence-electron chi connectivity index (χ3n) is 11.0. The van der Waals surface area contributed by atoms with Crippen LogP contribution in [0.5, 0.6) is 0 Å². The van der Waals surface area contributed by atoms with Gasteiger partial charge >= 0.3 is 5.97 Å². The first-order valence-electron chi connectivity index (χ1n) is 12.0. The van der Waals surface area contributed by atoms with Crippen molar-refractivity contribution in [3.8, 4) is 0 Å². The smallest absolute Gasteiger partial charge is 0.355 e. The van der Waals surface area contributed by atoms with Crippen LogP contribution >= 0.6 is 0 Å². The van der Waals surface area contributed by atoms with Crippen molar-refractivity contribution >= 4 is 5.97 Å². The number of hydrogen-bond donors (Lipinski definition) is 7. The average Bonchev–Trinajstić information content (AvgIpc) is 3.41. The lowest BCUT2D eigenvalue weighted by Gasteiger charge is -2.60. The number of esters is 1. The van der Waals surface area contributed by atoms with Gasteiger partial charge in [-0.1, -0.05) is 27.4 Å². The molecule has 10 nitrogen and oxygen atoms in total. The van der Waals surface area contributed by atoms with Crippen LogP contribution in [0.4, 0.5) is 0 Å². The summed E-state index contributed by atoms with van der Waals surface area (Å²) in [6.07, 6.45) is -2.19. The fourth-order valence-corrected chi connectivity index (χ4v) is 9.29. The van der Waals surface area contributed by atoms with Gasteiger partial charge in [-0.2, -0.15) is 0 Å². The largest absolute Gasteiger partial charge is 0.451 e. The molecule has 0 radical (unpaired) electrons. The Kier molecular flexibility index (Phi) is 3.95. The molecule has 0 unspecified atom stereocenters. The highest BCUT2D eigenvalue weighted by atomic mass is 16.7. The molecule has 35 heavy (non-hydrogen) atoms. The van der Waals surface area contributed by atoms with Crippen LogP contribution in [0.15, 0.2) is 30.5 Å². The zero-order chi connectivity index (χ0) is 25.8. The molecule has 2 aliphatic heterocycles. The highest BCUT2D eigenvalue weighted by molar-refractivity contribution is 5.87. The number of H-pyrrole nitrogens is 1. The SMILES string of the molecule is C=C1CC[C@]2(O)[C@@]3(C)C[C@@]4(O)O[C@@]2([C@@H]1O)[C@]1(O)[C@@]3(O)[C@H](OC(=O)c2ccc[nH]2)[C@](O)(C(C)C)[C@@]14C. The maximum Gasteiger partial charge on any atom is 0.355 e. The van der Waals surface area contributed by atoms with E-state index in [1.54, 1.807) is 19.9 Å². The van der Waals surface area contributed by atoms with E-state index in [1.165, 1.54) is 26.1 Å². The number of hydrogen-bond acceptors (Lipinski definition) is 9. The van der Waals surface area contributed by atoms with Crippen LogP contribution in [-0.2, 0) is 9.47 Å². The molecule has 4 saturated carbocycles. The number of carbonyl (C=O) groups excluding carboxylic acids is 1. The van der Waals surface area contributed by atoms with E-state index in [2.05, 4.69) is 11.6 Å². The second-order valence-corrected chi connectivity index (χ2v) is 12.0. The number of aliphatic hydroxyl groups excluding tert-OH is 1. The maximum absolute atomic E-state index is 13.2. The van der Waals surface area contributed by atoms with Crippen molar-refractivity contribution < 1.29 is 44.9 Å². The quantitative estimate of drug-likeness (QED) is 0.222. The van der Waals surface area contributed by atoms with E-state index in [0.29, 0.717) is 0 Å². The van der Waals surface area contributed by atoms with Crippen LogP contribution in [0.3, 0.4) is 0 Å². The van der Waals surface area contributed by atoms with Crippen LogP contribution in [0.25, 0.3) is 0 Å². The third kappa shape index (κ3) is 1.71. The van der Waals surface area contributed by atoms with Gasteiger partial charge in [-0.15, -0.1) is 0 Å². The molecule has 1 spiro atoms. The van der Waals surface area contributed by atoms with E-state index in [1.807, 2.05) is 0 Å². The Bertz CT molecular complexity index is 1170. The maximum atomic E-state index is 13.2. The molecule has 7 N–H and O–H groups in total. The number of aromatic amines is 1. The molecule has 192 valence electrons. The molecule has 1 aromatic heterocycles. The summed E-state index contributed by atoms with van der Waals surface area (Å²) in [7, 11) is 0. The summed E-state index contributed by atoms with van der Waals surface area (Å²) in [4.78, 5) is 15.9. The van der Waals surface area contributed by atoms with Crippen molar-refractivity contribution in [3.05, 3.63) is 36.2 Å². The summed E-state index contributed by atoms with van der Waals surface area (Å²) in [5.41, 5.74) is -15.4. The van der Waals surface area contributed by atoms with Crippen molar-refractivity contribution in [1.82, 2.24) is 4.98 Å². The molecule has 6 aliphatic rings. The second kappa shape index (κ2) is 5.85. The Balaban J connectivity index is 1.70. The molecule has 0 amide bonds. The van der Waals surface area contributed by atoms with E-state index in [4.69, 9.17) is 9.47 Å². The minimum absolute atomic E-state index is 0.0342. The fourth-order valence-electron chi connectivity index (χ4n) is 9.29. The summed E-state index contributed by atoms with van der Waals surface area (Å²) in [5.74, 6) is -3.97. The van der Waals surface area contributed by atoms with Gasteiger partial charge in [0.15, 0.2) is 17.5 Å². The molecular weight excluding hydrogens is 458 g/mol. The van der Waals surface area contributed by atoms with E-state index in [-0.39, 0.29) is 30.5 Å². The first-order valence-corrected chi connectivity index (χ1v) is 12.0. The highest BCUT2D eigenvalue weighted by Gasteiger charge is 3.10. The topological polar surface area (TPSA) is 173 Å². The molecular formula is C25H33NO9. The van der Waals surface area contributed by atoms with Crippen LogP contribution in [0.2, 0.25) is 0 Å². The van der Waals surface area contributed by atoms with Crippen molar-refractivity contribution in [2.75, 3.05) is 0 Å². The van der Waals surface area contributed by atoms with E-state index in [0.717, 1.165) is 0 Å². The zero-order valence-corrected chi connectivity index (χ0v) is 20.2. The Morgan fingerprint density at radius 1 is 1.23 bits per heavy atom. The van der Waals surface area contributed by atoms with Gasteiger partial charge in [0.1, 0.15) is 34.2 Å². The monoisotopic (exact) mass is 491 g/mol. The van der Waals surface area contributed by atoms with E-state index in [9.17, 15) is 35.4 Å². The van der Waals surface area contributed by atoms with Crippen molar-refractivity contribution in [2.24, 2.45) is 16.7 Å². The number of ether oxygens (including phenoxy) is 2. The summed E-state index contributed by atoms with van der Waals surface area (Å²) < 4.78 is 12.0. The third-order valence-corrected chi connectivity index (χ3v) is 11.0. The minimum Gasteiger partial charge on any atom is -0.451 e. The van der Waals surface area contributed by atoms with Gasteiger partial charge in [0.25, 0.3) is 0 Å². The molecule has 6 bridgehead atoms. The van der Waals surface area contributed by atoms with Crippen LogP contribution in [0, 0.1) is 16.7 Å². The fraction of sp³-hybridized carbons (Fsp3) is 0.720. The molecule has 7 rings (SSSR count). The van der Waals surface area contributed by atoms with Crippen molar-refractivity contribution in [2.45, 2.75) is 93.0 Å². The summed E-state index contributed by atoms with van der Waals surface area (Å²) in [6, 6.07) is 3.04. The van der Waals surface area contributed by atoms with Crippen LogP contribution in [-0.4, -0.2) is 87.6 Å². The molecule has 6 fully saturated rings. The summed E-state index contributed by atoms with van der Waals surface area (Å²) >= 11 is 0. The van der Waals surface area contributed by atoms with Gasteiger partial charge in [0, 0.05) is 18.0 Å². The first kappa shape index (κ1) is 23.6. The van der Waals surface area contributed by atoms with Crippen LogP contribution < -0.4 is 0 Å². The van der Waals surface area contributed by atoms with Gasteiger partial charge in [0.05, 0.1) is 5.41 Å². The van der Waals surface area contributed by atoms with Gasteiger partial charge in [-0.05, 0) is 43.4 Å². The Morgan fingerprint density at radius 2 is 1.89 bits per heavy atom. The lowest BCUT2D eigenvalue weighted by atomic mass is 9.52. The predicted molar refractivity (Wildman–Crippen MR) is 119 cm³/mol. The van der Waals surface area contributed by atoms with Gasteiger partial charge < -0.3 is 45.1 Å². The van der Waals surface area contributed by atoms with Gasteiger partial charge in [0.2, 0.25) is 0 Å². The van der Waals surface area contributed by atoms with Gasteiger partial charge in [-0.25, -0.2) is 4.79 Å². The Hall–Kier alpha value is -1.79. The zero-order valence-electron chi connectivity index (χ0n) is 20.2.